The molecule has 2 aromatic rings. The summed E-state index contributed by atoms with van der Waals surface area (Å²) in [4.78, 5) is 14.5. The zero-order valence-electron chi connectivity index (χ0n) is 13.6. The fourth-order valence-corrected chi connectivity index (χ4v) is 3.01. The number of hydrogen-bond acceptors (Lipinski definition) is 3. The number of hydrogen-bond donors (Lipinski definition) is 0. The molecule has 0 bridgehead atoms. The van der Waals surface area contributed by atoms with Crippen molar-refractivity contribution < 1.29 is 14.3 Å². The highest BCUT2D eigenvalue weighted by Crippen LogP contribution is 2.37. The lowest BCUT2D eigenvalue weighted by Crippen LogP contribution is -2.34. The molecule has 124 valence electrons. The SMILES string of the molecule is C=C1c2cc(OC)c(OC)cc2CCN1C(=O)c1ccc(Cl)cc1. The van der Waals surface area contributed by atoms with Gasteiger partial charge in [-0.25, -0.2) is 0 Å². The lowest BCUT2D eigenvalue weighted by atomic mass is 9.95. The van der Waals surface area contributed by atoms with Gasteiger partial charge in [-0.2, -0.15) is 0 Å². The Balaban J connectivity index is 1.94. The molecule has 1 aliphatic rings. The number of carbonyl (C=O) groups excluding carboxylic acids is 1. The highest BCUT2D eigenvalue weighted by atomic mass is 35.5. The van der Waals surface area contributed by atoms with Crippen LogP contribution in [0.3, 0.4) is 0 Å². The topological polar surface area (TPSA) is 38.8 Å². The number of ether oxygens (including phenoxy) is 2. The molecule has 0 atom stereocenters. The van der Waals surface area contributed by atoms with E-state index in [1.54, 1.807) is 43.4 Å². The highest BCUT2D eigenvalue weighted by Gasteiger charge is 2.27. The first-order chi connectivity index (χ1) is 11.5. The molecule has 4 nitrogen and oxygen atoms in total. The van der Waals surface area contributed by atoms with Gasteiger partial charge < -0.3 is 14.4 Å². The van der Waals surface area contributed by atoms with Crippen LogP contribution in [0, 0.1) is 0 Å². The van der Waals surface area contributed by atoms with E-state index in [2.05, 4.69) is 6.58 Å². The van der Waals surface area contributed by atoms with Crippen LogP contribution in [0.5, 0.6) is 11.5 Å². The van der Waals surface area contributed by atoms with Gasteiger partial charge in [0.15, 0.2) is 11.5 Å². The molecule has 0 spiro atoms. The third-order valence-electron chi connectivity index (χ3n) is 4.19. The Morgan fingerprint density at radius 1 is 1.12 bits per heavy atom. The first-order valence-corrected chi connectivity index (χ1v) is 7.94. The van der Waals surface area contributed by atoms with Crippen LogP contribution in [0.4, 0.5) is 0 Å². The zero-order valence-corrected chi connectivity index (χ0v) is 14.4. The quantitative estimate of drug-likeness (QED) is 0.844. The summed E-state index contributed by atoms with van der Waals surface area (Å²) in [5.41, 5.74) is 3.25. The van der Waals surface area contributed by atoms with Crippen molar-refractivity contribution in [3.63, 3.8) is 0 Å². The van der Waals surface area contributed by atoms with Gasteiger partial charge in [-0.1, -0.05) is 18.2 Å². The Bertz CT molecular complexity index is 799. The minimum atomic E-state index is -0.0860. The maximum atomic E-state index is 12.8. The van der Waals surface area contributed by atoms with Crippen molar-refractivity contribution in [2.75, 3.05) is 20.8 Å². The van der Waals surface area contributed by atoms with E-state index in [0.29, 0.717) is 34.3 Å². The first kappa shape index (κ1) is 16.4. The number of halogens is 1. The lowest BCUT2D eigenvalue weighted by molar-refractivity contribution is 0.0833. The van der Waals surface area contributed by atoms with E-state index in [-0.39, 0.29) is 5.91 Å². The van der Waals surface area contributed by atoms with Crippen molar-refractivity contribution in [1.82, 2.24) is 4.90 Å². The van der Waals surface area contributed by atoms with E-state index in [1.807, 2.05) is 12.1 Å². The molecule has 0 unspecified atom stereocenters. The van der Waals surface area contributed by atoms with Gasteiger partial charge in [-0.15, -0.1) is 0 Å². The van der Waals surface area contributed by atoms with E-state index in [9.17, 15) is 4.79 Å². The van der Waals surface area contributed by atoms with Crippen LogP contribution in [0.2, 0.25) is 5.02 Å². The van der Waals surface area contributed by atoms with Crippen LogP contribution < -0.4 is 9.47 Å². The third kappa shape index (κ3) is 2.85. The summed E-state index contributed by atoms with van der Waals surface area (Å²) in [6, 6.07) is 10.7. The summed E-state index contributed by atoms with van der Waals surface area (Å²) in [6.07, 6.45) is 0.730. The molecule has 3 rings (SSSR count). The summed E-state index contributed by atoms with van der Waals surface area (Å²) < 4.78 is 10.7. The summed E-state index contributed by atoms with van der Waals surface area (Å²) >= 11 is 5.89. The summed E-state index contributed by atoms with van der Waals surface area (Å²) in [7, 11) is 3.20. The second kappa shape index (κ2) is 6.57. The van der Waals surface area contributed by atoms with Gasteiger partial charge in [-0.3, -0.25) is 4.79 Å². The number of nitrogens with zero attached hydrogens (tertiary/aromatic N) is 1. The van der Waals surface area contributed by atoms with Crippen molar-refractivity contribution >= 4 is 23.2 Å². The molecule has 1 heterocycles. The monoisotopic (exact) mass is 343 g/mol. The van der Waals surface area contributed by atoms with E-state index in [1.165, 1.54) is 0 Å². The Morgan fingerprint density at radius 3 is 2.38 bits per heavy atom. The fourth-order valence-electron chi connectivity index (χ4n) is 2.88. The first-order valence-electron chi connectivity index (χ1n) is 7.56. The van der Waals surface area contributed by atoms with Gasteiger partial charge >= 0.3 is 0 Å². The molecular weight excluding hydrogens is 326 g/mol. The molecule has 2 aromatic carbocycles. The Hall–Kier alpha value is -2.46. The summed E-state index contributed by atoms with van der Waals surface area (Å²) in [6.45, 7) is 4.69. The molecule has 1 amide bonds. The van der Waals surface area contributed by atoms with Crippen LogP contribution in [0.25, 0.3) is 5.70 Å². The van der Waals surface area contributed by atoms with Crippen molar-refractivity contribution in [3.05, 3.63) is 64.7 Å². The summed E-state index contributed by atoms with van der Waals surface area (Å²) in [5, 5.41) is 0.603. The predicted octanol–water partition coefficient (Wildman–Crippen LogP) is 4.03. The smallest absolute Gasteiger partial charge is 0.258 e. The van der Waals surface area contributed by atoms with Gasteiger partial charge in [-0.05, 0) is 48.4 Å². The minimum Gasteiger partial charge on any atom is -0.493 e. The minimum absolute atomic E-state index is 0.0860. The molecule has 1 aliphatic heterocycles. The standard InChI is InChI=1S/C19H18ClNO3/c1-12-16-11-18(24-3)17(23-2)10-14(16)8-9-21(12)19(22)13-4-6-15(20)7-5-13/h4-7,10-11H,1,8-9H2,2-3H3. The van der Waals surface area contributed by atoms with Gasteiger partial charge in [0.25, 0.3) is 5.91 Å². The maximum absolute atomic E-state index is 12.8. The molecule has 0 aliphatic carbocycles. The molecular formula is C19H18ClNO3. The van der Waals surface area contributed by atoms with Gasteiger partial charge in [0.2, 0.25) is 0 Å². The van der Waals surface area contributed by atoms with Gasteiger partial charge in [0.05, 0.1) is 14.2 Å². The van der Waals surface area contributed by atoms with Crippen molar-refractivity contribution in [3.8, 4) is 11.5 Å². The average Bonchev–Trinajstić information content (AvgIpc) is 2.61. The number of methoxy groups -OCH3 is 2. The largest absolute Gasteiger partial charge is 0.493 e. The van der Waals surface area contributed by atoms with Crippen LogP contribution in [0.1, 0.15) is 21.5 Å². The summed E-state index contributed by atoms with van der Waals surface area (Å²) in [5.74, 6) is 1.22. The number of amides is 1. The normalized spacial score (nSPS) is 13.5. The van der Waals surface area contributed by atoms with Crippen LogP contribution in [0.15, 0.2) is 43.0 Å². The molecule has 0 radical (unpaired) electrons. The lowest BCUT2D eigenvalue weighted by Gasteiger charge is -2.31. The molecule has 0 N–H and O–H groups in total. The van der Waals surface area contributed by atoms with E-state index in [4.69, 9.17) is 21.1 Å². The van der Waals surface area contributed by atoms with E-state index < -0.39 is 0 Å². The number of benzene rings is 2. The Kier molecular flexibility index (Phi) is 4.49. The average molecular weight is 344 g/mol. The zero-order chi connectivity index (χ0) is 17.3. The van der Waals surface area contributed by atoms with Crippen molar-refractivity contribution in [2.45, 2.75) is 6.42 Å². The van der Waals surface area contributed by atoms with Crippen LogP contribution >= 0.6 is 11.6 Å². The van der Waals surface area contributed by atoms with Crippen molar-refractivity contribution in [1.29, 1.82) is 0 Å². The Morgan fingerprint density at radius 2 is 1.75 bits per heavy atom. The molecule has 0 saturated carbocycles. The number of carbonyl (C=O) groups is 1. The molecule has 24 heavy (non-hydrogen) atoms. The second-order valence-corrected chi connectivity index (χ2v) is 5.96. The third-order valence-corrected chi connectivity index (χ3v) is 4.44. The second-order valence-electron chi connectivity index (χ2n) is 5.52. The number of fused-ring (bicyclic) bond motifs is 1. The highest BCUT2D eigenvalue weighted by molar-refractivity contribution is 6.30. The van der Waals surface area contributed by atoms with E-state index in [0.717, 1.165) is 17.5 Å². The fraction of sp³-hybridized carbons (Fsp3) is 0.211. The Labute approximate surface area is 146 Å². The molecule has 0 aromatic heterocycles. The number of rotatable bonds is 3. The van der Waals surface area contributed by atoms with Crippen molar-refractivity contribution in [2.24, 2.45) is 0 Å². The van der Waals surface area contributed by atoms with Crippen LogP contribution in [-0.4, -0.2) is 31.6 Å². The molecule has 0 saturated heterocycles. The van der Waals surface area contributed by atoms with Gasteiger partial charge in [0, 0.05) is 28.4 Å². The predicted molar refractivity (Wildman–Crippen MR) is 94.8 cm³/mol. The molecule has 5 heteroatoms. The van der Waals surface area contributed by atoms with E-state index >= 15 is 0 Å². The molecule has 0 fully saturated rings. The maximum Gasteiger partial charge on any atom is 0.258 e. The van der Waals surface area contributed by atoms with Gasteiger partial charge in [0.1, 0.15) is 0 Å². The van der Waals surface area contributed by atoms with Crippen LogP contribution in [-0.2, 0) is 6.42 Å².